The lowest BCUT2D eigenvalue weighted by atomic mass is 10.2. The van der Waals surface area contributed by atoms with Gasteiger partial charge in [-0.2, -0.15) is 17.5 Å². The summed E-state index contributed by atoms with van der Waals surface area (Å²) < 4.78 is 76.2. The van der Waals surface area contributed by atoms with E-state index in [1.54, 1.807) is 0 Å². The standard InChI is InChI=1S/C11H11BrClF4NO2S/c1-2-18(6-11(15,16)17)21(19,20)9-4-8(12)3-7(5-13)10(9)14/h3-4H,2,5-6H2,1H3. The molecule has 0 bridgehead atoms. The maximum atomic E-state index is 14.1. The number of alkyl halides is 4. The molecule has 0 saturated heterocycles. The Hall–Kier alpha value is -0.380. The van der Waals surface area contributed by atoms with Crippen LogP contribution in [0.3, 0.4) is 0 Å². The molecule has 0 heterocycles. The van der Waals surface area contributed by atoms with Crippen molar-refractivity contribution in [1.82, 2.24) is 4.31 Å². The normalized spacial score (nSPS) is 13.0. The summed E-state index contributed by atoms with van der Waals surface area (Å²) in [5.74, 6) is -1.45. The molecule has 1 rings (SSSR count). The first-order valence-electron chi connectivity index (χ1n) is 5.63. The molecule has 10 heteroatoms. The predicted octanol–water partition coefficient (Wildman–Crippen LogP) is 3.90. The van der Waals surface area contributed by atoms with Gasteiger partial charge in [0, 0.05) is 16.6 Å². The van der Waals surface area contributed by atoms with E-state index in [0.717, 1.165) is 6.07 Å². The quantitative estimate of drug-likeness (QED) is 0.543. The third kappa shape index (κ3) is 4.54. The van der Waals surface area contributed by atoms with E-state index in [-0.39, 0.29) is 20.2 Å². The average Bonchev–Trinajstić information content (AvgIpc) is 2.36. The van der Waals surface area contributed by atoms with Crippen molar-refractivity contribution in [2.75, 3.05) is 13.1 Å². The van der Waals surface area contributed by atoms with Gasteiger partial charge in [-0.1, -0.05) is 22.9 Å². The molecule has 0 unspecified atom stereocenters. The van der Waals surface area contributed by atoms with Crippen LogP contribution in [-0.4, -0.2) is 32.0 Å². The zero-order chi connectivity index (χ0) is 16.4. The highest BCUT2D eigenvalue weighted by atomic mass is 79.9. The molecule has 1 aromatic rings. The van der Waals surface area contributed by atoms with E-state index in [2.05, 4.69) is 15.9 Å². The molecule has 0 saturated carbocycles. The largest absolute Gasteiger partial charge is 0.402 e. The van der Waals surface area contributed by atoms with Crippen molar-refractivity contribution in [3.63, 3.8) is 0 Å². The van der Waals surface area contributed by atoms with Crippen molar-refractivity contribution >= 4 is 37.6 Å². The zero-order valence-electron chi connectivity index (χ0n) is 10.7. The summed E-state index contributed by atoms with van der Waals surface area (Å²) in [6, 6.07) is 2.18. The van der Waals surface area contributed by atoms with E-state index < -0.39 is 40.0 Å². The van der Waals surface area contributed by atoms with Crippen LogP contribution in [0.1, 0.15) is 12.5 Å². The molecule has 21 heavy (non-hydrogen) atoms. The number of sulfonamides is 1. The number of halogens is 6. The van der Waals surface area contributed by atoms with Crippen LogP contribution < -0.4 is 0 Å². The molecule has 0 aliphatic heterocycles. The van der Waals surface area contributed by atoms with E-state index in [1.807, 2.05) is 0 Å². The Bertz CT molecular complexity index is 621. The minimum atomic E-state index is -4.72. The molecule has 0 atom stereocenters. The summed E-state index contributed by atoms with van der Waals surface area (Å²) in [6.07, 6.45) is -4.72. The molecule has 0 fully saturated rings. The van der Waals surface area contributed by atoms with Crippen LogP contribution >= 0.6 is 27.5 Å². The Morgan fingerprint density at radius 1 is 1.33 bits per heavy atom. The molecular formula is C11H11BrClF4NO2S. The molecule has 3 nitrogen and oxygen atoms in total. The lowest BCUT2D eigenvalue weighted by Crippen LogP contribution is -2.39. The minimum Gasteiger partial charge on any atom is -0.207 e. The second-order valence-corrected chi connectivity index (χ2v) is 7.15. The second kappa shape index (κ2) is 6.80. The maximum absolute atomic E-state index is 14.1. The molecule has 0 N–H and O–H groups in total. The number of nitrogens with zero attached hydrogens (tertiary/aromatic N) is 1. The summed E-state index contributed by atoms with van der Waals surface area (Å²) in [5, 5.41) is 0. The zero-order valence-corrected chi connectivity index (χ0v) is 13.9. The average molecular weight is 413 g/mol. The van der Waals surface area contributed by atoms with Crippen molar-refractivity contribution in [3.05, 3.63) is 28.0 Å². The molecule has 0 aliphatic carbocycles. The first-order chi connectivity index (χ1) is 9.52. The summed E-state index contributed by atoms with van der Waals surface area (Å²) in [6.45, 7) is -0.889. The van der Waals surface area contributed by atoms with Crippen molar-refractivity contribution in [2.45, 2.75) is 23.9 Å². The molecule has 0 radical (unpaired) electrons. The fourth-order valence-corrected chi connectivity index (χ4v) is 4.03. The van der Waals surface area contributed by atoms with Gasteiger partial charge >= 0.3 is 6.18 Å². The van der Waals surface area contributed by atoms with Crippen LogP contribution in [0.25, 0.3) is 0 Å². The van der Waals surface area contributed by atoms with Crippen LogP contribution in [0.15, 0.2) is 21.5 Å². The van der Waals surface area contributed by atoms with Crippen molar-refractivity contribution in [3.8, 4) is 0 Å². The Kier molecular flexibility index (Phi) is 6.05. The van der Waals surface area contributed by atoms with Gasteiger partial charge in [0.05, 0.1) is 5.88 Å². The molecule has 0 amide bonds. The Morgan fingerprint density at radius 3 is 2.33 bits per heavy atom. The van der Waals surface area contributed by atoms with E-state index in [1.165, 1.54) is 13.0 Å². The van der Waals surface area contributed by atoms with Gasteiger partial charge in [0.15, 0.2) is 0 Å². The topological polar surface area (TPSA) is 37.4 Å². The number of hydrogen-bond acceptors (Lipinski definition) is 2. The minimum absolute atomic E-state index is 0.118. The van der Waals surface area contributed by atoms with Crippen LogP contribution in [0.4, 0.5) is 17.6 Å². The van der Waals surface area contributed by atoms with Gasteiger partial charge in [0.2, 0.25) is 10.0 Å². The highest BCUT2D eigenvalue weighted by Crippen LogP contribution is 2.29. The molecule has 1 aromatic carbocycles. The van der Waals surface area contributed by atoms with Gasteiger partial charge in [-0.05, 0) is 12.1 Å². The second-order valence-electron chi connectivity index (χ2n) is 4.06. The third-order valence-electron chi connectivity index (χ3n) is 2.55. The molecular weight excluding hydrogens is 402 g/mol. The Labute approximate surface area is 133 Å². The molecule has 0 aromatic heterocycles. The number of hydrogen-bond donors (Lipinski definition) is 0. The van der Waals surface area contributed by atoms with E-state index in [4.69, 9.17) is 11.6 Å². The first-order valence-corrected chi connectivity index (χ1v) is 8.40. The van der Waals surface area contributed by atoms with Gasteiger partial charge in [-0.25, -0.2) is 12.8 Å². The van der Waals surface area contributed by atoms with Crippen molar-refractivity contribution < 1.29 is 26.0 Å². The Morgan fingerprint density at radius 2 is 1.90 bits per heavy atom. The number of rotatable bonds is 5. The van der Waals surface area contributed by atoms with Crippen molar-refractivity contribution in [1.29, 1.82) is 0 Å². The molecule has 0 spiro atoms. The van der Waals surface area contributed by atoms with E-state index in [0.29, 0.717) is 0 Å². The fraction of sp³-hybridized carbons (Fsp3) is 0.455. The van der Waals surface area contributed by atoms with Crippen LogP contribution in [0.2, 0.25) is 0 Å². The van der Waals surface area contributed by atoms with Crippen LogP contribution in [0, 0.1) is 5.82 Å². The monoisotopic (exact) mass is 411 g/mol. The van der Waals surface area contributed by atoms with E-state index >= 15 is 0 Å². The van der Waals surface area contributed by atoms with Gasteiger partial charge in [-0.3, -0.25) is 0 Å². The highest BCUT2D eigenvalue weighted by molar-refractivity contribution is 9.10. The first kappa shape index (κ1) is 18.7. The molecule has 120 valence electrons. The molecule has 0 aliphatic rings. The lowest BCUT2D eigenvalue weighted by molar-refractivity contribution is -0.135. The highest BCUT2D eigenvalue weighted by Gasteiger charge is 2.37. The smallest absolute Gasteiger partial charge is 0.207 e. The summed E-state index contributed by atoms with van der Waals surface area (Å²) in [7, 11) is -4.62. The van der Waals surface area contributed by atoms with Crippen LogP contribution in [-0.2, 0) is 15.9 Å². The Balaban J connectivity index is 3.39. The van der Waals surface area contributed by atoms with Gasteiger partial charge in [0.25, 0.3) is 0 Å². The summed E-state index contributed by atoms with van der Waals surface area (Å²) in [5.41, 5.74) is -0.118. The maximum Gasteiger partial charge on any atom is 0.402 e. The lowest BCUT2D eigenvalue weighted by Gasteiger charge is -2.22. The summed E-state index contributed by atoms with van der Waals surface area (Å²) in [4.78, 5) is -0.835. The van der Waals surface area contributed by atoms with Crippen LogP contribution in [0.5, 0.6) is 0 Å². The number of benzene rings is 1. The van der Waals surface area contributed by atoms with Crippen molar-refractivity contribution in [2.24, 2.45) is 0 Å². The predicted molar refractivity (Wildman–Crippen MR) is 74.1 cm³/mol. The van der Waals surface area contributed by atoms with Gasteiger partial charge in [-0.15, -0.1) is 11.6 Å². The third-order valence-corrected chi connectivity index (χ3v) is 5.22. The van der Waals surface area contributed by atoms with Gasteiger partial charge in [0.1, 0.15) is 17.3 Å². The SMILES string of the molecule is CCN(CC(F)(F)F)S(=O)(=O)c1cc(Br)cc(CCl)c1F. The fourth-order valence-electron chi connectivity index (χ4n) is 1.61. The van der Waals surface area contributed by atoms with E-state index in [9.17, 15) is 26.0 Å². The summed E-state index contributed by atoms with van der Waals surface area (Å²) >= 11 is 8.48. The van der Waals surface area contributed by atoms with Gasteiger partial charge < -0.3 is 0 Å².